The van der Waals surface area contributed by atoms with Crippen LogP contribution < -0.4 is 4.74 Å². The van der Waals surface area contributed by atoms with Gasteiger partial charge in [0.25, 0.3) is 0 Å². The Morgan fingerprint density at radius 1 is 0.758 bits per heavy atom. The van der Waals surface area contributed by atoms with Gasteiger partial charge in [-0.3, -0.25) is 0 Å². The van der Waals surface area contributed by atoms with Gasteiger partial charge in [-0.05, 0) is 79.5 Å². The third-order valence-corrected chi connectivity index (χ3v) is 6.63. The van der Waals surface area contributed by atoms with Crippen molar-refractivity contribution >= 4 is 0 Å². The minimum atomic E-state index is -4.68. The van der Waals surface area contributed by atoms with E-state index < -0.39 is 6.36 Å². The van der Waals surface area contributed by atoms with E-state index in [4.69, 9.17) is 0 Å². The van der Waals surface area contributed by atoms with Crippen LogP contribution in [0.4, 0.5) is 13.2 Å². The van der Waals surface area contributed by atoms with E-state index in [0.717, 1.165) is 11.5 Å². The largest absolute Gasteiger partial charge is 0.573 e. The van der Waals surface area contributed by atoms with E-state index in [0.29, 0.717) is 11.5 Å². The van der Waals surface area contributed by atoms with E-state index in [2.05, 4.69) is 35.6 Å². The highest BCUT2D eigenvalue weighted by molar-refractivity contribution is 5.45. The van der Waals surface area contributed by atoms with Gasteiger partial charge in [-0.25, -0.2) is 0 Å². The summed E-state index contributed by atoms with van der Waals surface area (Å²) in [5.41, 5.74) is 2.95. The molecule has 0 aromatic heterocycles. The van der Waals surface area contributed by atoms with Crippen LogP contribution in [0.3, 0.4) is 0 Å². The molecular weight excluding hydrogens is 421 g/mol. The second-order valence-electron chi connectivity index (χ2n) is 9.22. The normalized spacial score (nSPS) is 18.4. The highest BCUT2D eigenvalue weighted by Crippen LogP contribution is 2.37. The predicted molar refractivity (Wildman–Crippen MR) is 128 cm³/mol. The minimum Gasteiger partial charge on any atom is -0.406 e. The Balaban J connectivity index is 1.43. The molecule has 0 bridgehead atoms. The topological polar surface area (TPSA) is 9.23 Å². The van der Waals surface area contributed by atoms with Crippen molar-refractivity contribution in [2.45, 2.75) is 89.8 Å². The van der Waals surface area contributed by atoms with Crippen molar-refractivity contribution in [2.24, 2.45) is 5.92 Å². The second kappa shape index (κ2) is 12.7. The van der Waals surface area contributed by atoms with Crippen LogP contribution in [-0.2, 0) is 0 Å². The van der Waals surface area contributed by atoms with Crippen molar-refractivity contribution < 1.29 is 17.9 Å². The first-order valence-corrected chi connectivity index (χ1v) is 12.4. The van der Waals surface area contributed by atoms with Gasteiger partial charge in [0.15, 0.2) is 0 Å². The fourth-order valence-electron chi connectivity index (χ4n) is 4.72. The molecule has 1 aliphatic carbocycles. The molecule has 1 nitrogen and oxygen atoms in total. The third-order valence-electron chi connectivity index (χ3n) is 6.63. The molecule has 0 aliphatic heterocycles. The summed E-state index contributed by atoms with van der Waals surface area (Å²) in [7, 11) is 0. The van der Waals surface area contributed by atoms with Crippen molar-refractivity contribution in [2.75, 3.05) is 0 Å². The summed E-state index contributed by atoms with van der Waals surface area (Å²) in [6.45, 7) is 2.27. The average Bonchev–Trinajstić information content (AvgIpc) is 2.81. The first kappa shape index (κ1) is 25.2. The number of hydrogen-bond donors (Lipinski definition) is 0. The van der Waals surface area contributed by atoms with Crippen molar-refractivity contribution in [3.8, 4) is 17.6 Å². The number of hydrogen-bond acceptors (Lipinski definition) is 1. The molecule has 0 amide bonds. The van der Waals surface area contributed by atoms with Gasteiger partial charge in [-0.1, -0.05) is 75.8 Å². The number of benzene rings is 2. The Labute approximate surface area is 196 Å². The van der Waals surface area contributed by atoms with Crippen LogP contribution in [0.15, 0.2) is 48.5 Å². The smallest absolute Gasteiger partial charge is 0.406 e. The summed E-state index contributed by atoms with van der Waals surface area (Å²) in [4.78, 5) is 0. The Morgan fingerprint density at radius 2 is 1.30 bits per heavy atom. The first-order chi connectivity index (χ1) is 15.9. The Morgan fingerprint density at radius 3 is 1.88 bits per heavy atom. The number of unbranched alkanes of at least 4 members (excludes halogenated alkanes) is 5. The van der Waals surface area contributed by atoms with Gasteiger partial charge in [-0.15, -0.1) is 13.2 Å². The van der Waals surface area contributed by atoms with Gasteiger partial charge in [0, 0.05) is 11.1 Å². The highest BCUT2D eigenvalue weighted by atomic mass is 19.4. The van der Waals surface area contributed by atoms with Gasteiger partial charge in [-0.2, -0.15) is 0 Å². The molecule has 1 saturated carbocycles. The van der Waals surface area contributed by atoms with Crippen LogP contribution in [0.2, 0.25) is 0 Å². The van der Waals surface area contributed by atoms with Gasteiger partial charge < -0.3 is 4.74 Å². The van der Waals surface area contributed by atoms with Gasteiger partial charge in [0.05, 0.1) is 0 Å². The zero-order valence-electron chi connectivity index (χ0n) is 19.6. The molecule has 1 aliphatic rings. The summed E-state index contributed by atoms with van der Waals surface area (Å²) in [6, 6.07) is 14.1. The van der Waals surface area contributed by atoms with Crippen LogP contribution in [-0.4, -0.2) is 6.36 Å². The summed E-state index contributed by atoms with van der Waals surface area (Å²) in [6.07, 6.45) is 10.2. The number of halogens is 3. The van der Waals surface area contributed by atoms with Gasteiger partial charge >= 0.3 is 6.36 Å². The number of alkyl halides is 3. The molecule has 0 atom stereocenters. The lowest BCUT2D eigenvalue weighted by molar-refractivity contribution is -0.274. The fourth-order valence-corrected chi connectivity index (χ4v) is 4.72. The minimum absolute atomic E-state index is 0.237. The molecule has 2 aromatic carbocycles. The summed E-state index contributed by atoms with van der Waals surface area (Å²) < 4.78 is 40.6. The van der Waals surface area contributed by atoms with Crippen molar-refractivity contribution in [1.29, 1.82) is 0 Å². The molecule has 0 radical (unpaired) electrons. The maximum absolute atomic E-state index is 12.2. The molecule has 0 unspecified atom stereocenters. The fraction of sp³-hybridized carbons (Fsp3) is 0.517. The zero-order valence-corrected chi connectivity index (χ0v) is 19.6. The standard InChI is InChI=1S/C29H35F3O/c1-2-3-4-5-6-7-8-23-11-17-26(18-12-23)27-19-13-24(14-20-27)9-10-25-15-21-28(22-16-25)33-29(30,31)32/h13-16,19-23,26H,2-8,11-12,17-18H2,1H3/t23-,26-. The van der Waals surface area contributed by atoms with Crippen LogP contribution in [0, 0.1) is 17.8 Å². The lowest BCUT2D eigenvalue weighted by Crippen LogP contribution is -2.16. The molecule has 2 aromatic rings. The number of ether oxygens (including phenoxy) is 1. The van der Waals surface area contributed by atoms with E-state index in [1.54, 1.807) is 0 Å². The van der Waals surface area contributed by atoms with Gasteiger partial charge in [0.1, 0.15) is 5.75 Å². The van der Waals surface area contributed by atoms with E-state index >= 15 is 0 Å². The molecule has 33 heavy (non-hydrogen) atoms. The van der Waals surface area contributed by atoms with Crippen LogP contribution in [0.1, 0.15) is 100 Å². The van der Waals surface area contributed by atoms with E-state index in [9.17, 15) is 13.2 Å². The third kappa shape index (κ3) is 9.16. The Bertz CT molecular complexity index is 880. The Hall–Kier alpha value is -2.41. The molecule has 178 valence electrons. The molecular formula is C29H35F3O. The molecule has 1 fully saturated rings. The van der Waals surface area contributed by atoms with Crippen LogP contribution in [0.25, 0.3) is 0 Å². The van der Waals surface area contributed by atoms with Crippen molar-refractivity contribution in [3.05, 3.63) is 65.2 Å². The van der Waals surface area contributed by atoms with E-state index in [1.165, 1.54) is 100 Å². The molecule has 0 spiro atoms. The molecule has 4 heteroatoms. The van der Waals surface area contributed by atoms with Crippen LogP contribution in [0.5, 0.6) is 5.75 Å². The Kier molecular flexibility index (Phi) is 9.73. The molecule has 0 N–H and O–H groups in total. The van der Waals surface area contributed by atoms with Crippen LogP contribution >= 0.6 is 0 Å². The predicted octanol–water partition coefficient (Wildman–Crippen LogP) is 9.01. The second-order valence-corrected chi connectivity index (χ2v) is 9.22. The maximum Gasteiger partial charge on any atom is 0.573 e. The van der Waals surface area contributed by atoms with Crippen molar-refractivity contribution in [1.82, 2.24) is 0 Å². The average molecular weight is 457 g/mol. The zero-order chi connectivity index (χ0) is 23.5. The maximum atomic E-state index is 12.2. The molecule has 0 heterocycles. The highest BCUT2D eigenvalue weighted by Gasteiger charge is 2.30. The summed E-state index contributed by atoms with van der Waals surface area (Å²) >= 11 is 0. The van der Waals surface area contributed by atoms with E-state index in [1.807, 2.05) is 12.1 Å². The molecule has 0 saturated heterocycles. The van der Waals surface area contributed by atoms with E-state index in [-0.39, 0.29) is 5.75 Å². The van der Waals surface area contributed by atoms with Gasteiger partial charge in [0.2, 0.25) is 0 Å². The summed E-state index contributed by atoms with van der Waals surface area (Å²) in [5, 5.41) is 0. The summed E-state index contributed by atoms with van der Waals surface area (Å²) in [5.74, 6) is 7.42. The van der Waals surface area contributed by atoms with Crippen molar-refractivity contribution in [3.63, 3.8) is 0 Å². The monoisotopic (exact) mass is 456 g/mol. The first-order valence-electron chi connectivity index (χ1n) is 12.4. The lowest BCUT2D eigenvalue weighted by atomic mass is 9.77. The number of rotatable bonds is 9. The lowest BCUT2D eigenvalue weighted by Gasteiger charge is -2.29. The quantitative estimate of drug-likeness (QED) is 0.270. The SMILES string of the molecule is CCCCCCCC[C@H]1CC[C@H](c2ccc(C#Cc3ccc(OC(F)(F)F)cc3)cc2)CC1. The molecule has 3 rings (SSSR count).